The second-order valence-electron chi connectivity index (χ2n) is 3.91. The van der Waals surface area contributed by atoms with E-state index in [9.17, 15) is 0 Å². The monoisotopic (exact) mass is 344 g/mol. The van der Waals surface area contributed by atoms with Crippen LogP contribution < -0.4 is 4.74 Å². The Kier molecular flexibility index (Phi) is 4.55. The number of rotatable bonds is 3. The highest BCUT2D eigenvalue weighted by Crippen LogP contribution is 2.33. The molecule has 0 bridgehead atoms. The minimum absolute atomic E-state index is 0.506. The van der Waals surface area contributed by atoms with E-state index >= 15 is 0 Å². The van der Waals surface area contributed by atoms with Crippen molar-refractivity contribution >= 4 is 39.1 Å². The molecule has 0 aliphatic heterocycles. The summed E-state index contributed by atoms with van der Waals surface area (Å²) in [5.41, 5.74) is 2.28. The first-order valence-corrected chi connectivity index (χ1v) is 7.26. The summed E-state index contributed by atoms with van der Waals surface area (Å²) in [4.78, 5) is 0. The van der Waals surface area contributed by atoms with Gasteiger partial charge in [-0.15, -0.1) is 0 Å². The van der Waals surface area contributed by atoms with Crippen molar-refractivity contribution in [1.29, 1.82) is 0 Å². The van der Waals surface area contributed by atoms with Crippen molar-refractivity contribution < 1.29 is 4.74 Å². The van der Waals surface area contributed by atoms with Gasteiger partial charge in [-0.1, -0.05) is 51.3 Å². The Bertz CT molecular complexity index is 570. The standard InChI is InChI=1S/C14H11BrCl2O/c1-9-6-10(8-15)2-4-13(9)18-14-5-3-11(16)7-12(14)17/h2-7H,8H2,1H3. The van der Waals surface area contributed by atoms with E-state index < -0.39 is 0 Å². The van der Waals surface area contributed by atoms with Crippen LogP contribution in [0.15, 0.2) is 36.4 Å². The number of aryl methyl sites for hydroxylation is 1. The molecule has 2 aromatic carbocycles. The molecule has 1 nitrogen and oxygen atoms in total. The molecule has 0 heterocycles. The summed E-state index contributed by atoms with van der Waals surface area (Å²) in [6.07, 6.45) is 0. The number of alkyl halides is 1. The van der Waals surface area contributed by atoms with Gasteiger partial charge < -0.3 is 4.74 Å². The molecule has 0 amide bonds. The Morgan fingerprint density at radius 2 is 1.78 bits per heavy atom. The highest BCUT2D eigenvalue weighted by Gasteiger charge is 2.06. The van der Waals surface area contributed by atoms with Crippen LogP contribution in [0.5, 0.6) is 11.5 Å². The molecule has 0 fully saturated rings. The molecule has 0 unspecified atom stereocenters. The van der Waals surface area contributed by atoms with Crippen LogP contribution in [0.3, 0.4) is 0 Å². The summed E-state index contributed by atoms with van der Waals surface area (Å²) in [5.74, 6) is 1.40. The molecule has 0 saturated heterocycles. The maximum atomic E-state index is 6.07. The fourth-order valence-electron chi connectivity index (χ4n) is 1.59. The molecule has 0 spiro atoms. The molecular formula is C14H11BrCl2O. The van der Waals surface area contributed by atoms with Crippen LogP contribution in [-0.2, 0) is 5.33 Å². The van der Waals surface area contributed by atoms with E-state index in [0.717, 1.165) is 16.6 Å². The van der Waals surface area contributed by atoms with Crippen molar-refractivity contribution in [3.05, 3.63) is 57.6 Å². The molecule has 0 N–H and O–H groups in total. The molecule has 4 heteroatoms. The van der Waals surface area contributed by atoms with E-state index in [2.05, 4.69) is 22.0 Å². The first-order chi connectivity index (χ1) is 8.60. The third-order valence-electron chi connectivity index (χ3n) is 2.51. The van der Waals surface area contributed by atoms with Gasteiger partial charge in [0.2, 0.25) is 0 Å². The molecule has 0 atom stereocenters. The van der Waals surface area contributed by atoms with Crippen LogP contribution in [0, 0.1) is 6.92 Å². The van der Waals surface area contributed by atoms with E-state index in [-0.39, 0.29) is 0 Å². The zero-order valence-corrected chi connectivity index (χ0v) is 12.8. The lowest BCUT2D eigenvalue weighted by molar-refractivity contribution is 0.479. The van der Waals surface area contributed by atoms with E-state index in [4.69, 9.17) is 27.9 Å². The van der Waals surface area contributed by atoms with Gasteiger partial charge in [-0.2, -0.15) is 0 Å². The Morgan fingerprint density at radius 3 is 2.39 bits per heavy atom. The second-order valence-corrected chi connectivity index (χ2v) is 5.31. The molecule has 0 saturated carbocycles. The number of hydrogen-bond donors (Lipinski definition) is 0. The van der Waals surface area contributed by atoms with Gasteiger partial charge in [-0.3, -0.25) is 0 Å². The minimum atomic E-state index is 0.506. The van der Waals surface area contributed by atoms with Gasteiger partial charge in [0.15, 0.2) is 0 Å². The zero-order valence-electron chi connectivity index (χ0n) is 9.71. The number of hydrogen-bond acceptors (Lipinski definition) is 1. The molecule has 0 aliphatic carbocycles. The Morgan fingerprint density at radius 1 is 1.06 bits per heavy atom. The predicted octanol–water partition coefficient (Wildman–Crippen LogP) is 5.99. The Hall–Kier alpha value is -0.700. The largest absolute Gasteiger partial charge is 0.456 e. The highest BCUT2D eigenvalue weighted by atomic mass is 79.9. The van der Waals surface area contributed by atoms with Crippen molar-refractivity contribution in [3.63, 3.8) is 0 Å². The van der Waals surface area contributed by atoms with Crippen LogP contribution >= 0.6 is 39.1 Å². The van der Waals surface area contributed by atoms with E-state index in [0.29, 0.717) is 15.8 Å². The van der Waals surface area contributed by atoms with Gasteiger partial charge in [-0.05, 0) is 42.3 Å². The van der Waals surface area contributed by atoms with Crippen LogP contribution in [0.1, 0.15) is 11.1 Å². The van der Waals surface area contributed by atoms with E-state index in [1.54, 1.807) is 18.2 Å². The predicted molar refractivity (Wildman–Crippen MR) is 80.3 cm³/mol. The minimum Gasteiger partial charge on any atom is -0.456 e. The lowest BCUT2D eigenvalue weighted by atomic mass is 10.1. The average Bonchev–Trinajstić information content (AvgIpc) is 2.34. The average molecular weight is 346 g/mol. The molecule has 94 valence electrons. The summed E-state index contributed by atoms with van der Waals surface area (Å²) >= 11 is 15.3. The van der Waals surface area contributed by atoms with Gasteiger partial charge in [0.25, 0.3) is 0 Å². The fraction of sp³-hybridized carbons (Fsp3) is 0.143. The van der Waals surface area contributed by atoms with Crippen molar-refractivity contribution in [3.8, 4) is 11.5 Å². The first-order valence-electron chi connectivity index (χ1n) is 5.38. The van der Waals surface area contributed by atoms with E-state index in [1.165, 1.54) is 5.56 Å². The lowest BCUT2D eigenvalue weighted by Gasteiger charge is -2.11. The van der Waals surface area contributed by atoms with Gasteiger partial charge >= 0.3 is 0 Å². The lowest BCUT2D eigenvalue weighted by Crippen LogP contribution is -1.90. The Balaban J connectivity index is 2.28. The van der Waals surface area contributed by atoms with Crippen LogP contribution in [-0.4, -0.2) is 0 Å². The third-order valence-corrected chi connectivity index (χ3v) is 3.69. The summed E-state index contributed by atoms with van der Waals surface area (Å²) < 4.78 is 5.79. The zero-order chi connectivity index (χ0) is 13.1. The first kappa shape index (κ1) is 13.7. The van der Waals surface area contributed by atoms with Gasteiger partial charge in [0.1, 0.15) is 11.5 Å². The second kappa shape index (κ2) is 5.96. The van der Waals surface area contributed by atoms with Crippen molar-refractivity contribution in [1.82, 2.24) is 0 Å². The topological polar surface area (TPSA) is 9.23 Å². The third kappa shape index (κ3) is 3.19. The van der Waals surface area contributed by atoms with Crippen LogP contribution in [0.25, 0.3) is 0 Å². The molecule has 2 aromatic rings. The number of ether oxygens (including phenoxy) is 1. The van der Waals surface area contributed by atoms with Crippen LogP contribution in [0.2, 0.25) is 10.0 Å². The van der Waals surface area contributed by atoms with E-state index in [1.807, 2.05) is 19.1 Å². The molecule has 18 heavy (non-hydrogen) atoms. The normalized spacial score (nSPS) is 10.4. The summed E-state index contributed by atoms with van der Waals surface area (Å²) in [7, 11) is 0. The van der Waals surface area contributed by atoms with Crippen LogP contribution in [0.4, 0.5) is 0 Å². The molecule has 0 radical (unpaired) electrons. The van der Waals surface area contributed by atoms with Crippen molar-refractivity contribution in [2.24, 2.45) is 0 Å². The Labute approximate surface area is 125 Å². The molecule has 2 rings (SSSR count). The van der Waals surface area contributed by atoms with Gasteiger partial charge in [-0.25, -0.2) is 0 Å². The SMILES string of the molecule is Cc1cc(CBr)ccc1Oc1ccc(Cl)cc1Cl. The highest BCUT2D eigenvalue weighted by molar-refractivity contribution is 9.08. The molecular weight excluding hydrogens is 335 g/mol. The summed E-state index contributed by atoms with van der Waals surface area (Å²) in [6, 6.07) is 11.2. The number of halogens is 3. The van der Waals surface area contributed by atoms with Crippen molar-refractivity contribution in [2.45, 2.75) is 12.3 Å². The maximum Gasteiger partial charge on any atom is 0.146 e. The summed E-state index contributed by atoms with van der Waals surface area (Å²) in [5, 5.41) is 1.93. The number of benzene rings is 2. The summed E-state index contributed by atoms with van der Waals surface area (Å²) in [6.45, 7) is 2.01. The molecule has 0 aromatic heterocycles. The maximum absolute atomic E-state index is 6.07. The quantitative estimate of drug-likeness (QED) is 0.621. The van der Waals surface area contributed by atoms with Gasteiger partial charge in [0, 0.05) is 10.4 Å². The van der Waals surface area contributed by atoms with Gasteiger partial charge in [0.05, 0.1) is 5.02 Å². The fourth-order valence-corrected chi connectivity index (χ4v) is 2.38. The molecule has 0 aliphatic rings. The smallest absolute Gasteiger partial charge is 0.146 e. The van der Waals surface area contributed by atoms with Crippen molar-refractivity contribution in [2.75, 3.05) is 0 Å².